The second kappa shape index (κ2) is 6.55. The zero-order chi connectivity index (χ0) is 18.4. The van der Waals surface area contributed by atoms with Gasteiger partial charge in [-0.1, -0.05) is 17.8 Å². The fourth-order valence-corrected chi connectivity index (χ4v) is 5.08. The van der Waals surface area contributed by atoms with Crippen molar-refractivity contribution in [1.29, 1.82) is 0 Å². The van der Waals surface area contributed by atoms with Gasteiger partial charge in [0.2, 0.25) is 0 Å². The Balaban J connectivity index is 1.70. The highest BCUT2D eigenvalue weighted by atomic mass is 32.2. The van der Waals surface area contributed by atoms with Crippen LogP contribution in [-0.4, -0.2) is 18.9 Å². The van der Waals surface area contributed by atoms with E-state index in [0.717, 1.165) is 37.2 Å². The van der Waals surface area contributed by atoms with Gasteiger partial charge < -0.3 is 4.40 Å². The summed E-state index contributed by atoms with van der Waals surface area (Å²) in [6.45, 7) is 8.72. The van der Waals surface area contributed by atoms with Crippen molar-refractivity contribution in [2.75, 3.05) is 0 Å². The summed E-state index contributed by atoms with van der Waals surface area (Å²) in [5.74, 6) is 0.683. The molecule has 0 aliphatic carbocycles. The summed E-state index contributed by atoms with van der Waals surface area (Å²) in [7, 11) is 0. The van der Waals surface area contributed by atoms with Crippen LogP contribution in [0.5, 0.6) is 0 Å². The first kappa shape index (κ1) is 17.3. The van der Waals surface area contributed by atoms with Crippen molar-refractivity contribution in [2.24, 2.45) is 0 Å². The molecule has 0 atom stereocenters. The first-order valence-corrected chi connectivity index (χ1v) is 10.4. The summed E-state index contributed by atoms with van der Waals surface area (Å²) in [6, 6.07) is 4.08. The van der Waals surface area contributed by atoms with Gasteiger partial charge in [0, 0.05) is 29.6 Å². The molecule has 134 valence electrons. The van der Waals surface area contributed by atoms with Crippen LogP contribution in [0.25, 0.3) is 15.9 Å². The molecule has 0 spiro atoms. The summed E-state index contributed by atoms with van der Waals surface area (Å²) in [5, 5.41) is 1.53. The van der Waals surface area contributed by atoms with Gasteiger partial charge in [0.1, 0.15) is 10.5 Å². The van der Waals surface area contributed by atoms with E-state index in [1.165, 1.54) is 5.56 Å². The fourth-order valence-electron chi connectivity index (χ4n) is 3.06. The van der Waals surface area contributed by atoms with Gasteiger partial charge in [-0.15, -0.1) is 11.3 Å². The number of hydrogen-bond donors (Lipinski definition) is 0. The Hall–Kier alpha value is -2.12. The average Bonchev–Trinajstić information content (AvgIpc) is 3.13. The average molecular weight is 385 g/mol. The third kappa shape index (κ3) is 2.85. The van der Waals surface area contributed by atoms with Gasteiger partial charge in [-0.05, 0) is 44.9 Å². The molecular formula is C19H20N4OS2. The minimum absolute atomic E-state index is 0.0625. The van der Waals surface area contributed by atoms with E-state index >= 15 is 0 Å². The molecule has 0 N–H and O–H groups in total. The van der Waals surface area contributed by atoms with Crippen molar-refractivity contribution in [3.8, 4) is 0 Å². The van der Waals surface area contributed by atoms with Gasteiger partial charge in [-0.2, -0.15) is 0 Å². The largest absolute Gasteiger partial charge is 0.307 e. The number of thioether (sulfide) groups is 1. The van der Waals surface area contributed by atoms with Gasteiger partial charge in [0.05, 0.1) is 11.1 Å². The molecule has 0 amide bonds. The Morgan fingerprint density at radius 3 is 2.73 bits per heavy atom. The predicted molar refractivity (Wildman–Crippen MR) is 109 cm³/mol. The number of fused-ring (bicyclic) bond motifs is 2. The van der Waals surface area contributed by atoms with E-state index in [1.807, 2.05) is 37.4 Å². The molecule has 0 aliphatic rings. The molecule has 0 aromatic carbocycles. The Bertz CT molecular complexity index is 1190. The molecule has 4 heterocycles. The number of hydrogen-bond acceptors (Lipinski definition) is 5. The maximum atomic E-state index is 12.9. The van der Waals surface area contributed by atoms with E-state index in [9.17, 15) is 4.79 Å². The summed E-state index contributed by atoms with van der Waals surface area (Å²) >= 11 is 3.17. The quantitative estimate of drug-likeness (QED) is 0.388. The number of aromatic nitrogens is 4. The van der Waals surface area contributed by atoms with E-state index in [1.54, 1.807) is 27.7 Å². The lowest BCUT2D eigenvalue weighted by atomic mass is 10.2. The lowest BCUT2D eigenvalue weighted by Crippen LogP contribution is -2.22. The molecule has 0 saturated carbocycles. The van der Waals surface area contributed by atoms with Crippen LogP contribution in [0.3, 0.4) is 0 Å². The second-order valence-electron chi connectivity index (χ2n) is 6.40. The van der Waals surface area contributed by atoms with Gasteiger partial charge in [-0.25, -0.2) is 9.97 Å². The van der Waals surface area contributed by atoms with Gasteiger partial charge in [-0.3, -0.25) is 9.36 Å². The van der Waals surface area contributed by atoms with E-state index in [0.29, 0.717) is 12.3 Å². The third-order valence-corrected chi connectivity index (χ3v) is 6.68. The van der Waals surface area contributed by atoms with Crippen molar-refractivity contribution in [3.05, 3.63) is 56.6 Å². The second-order valence-corrected chi connectivity index (χ2v) is 8.55. The topological polar surface area (TPSA) is 52.2 Å². The Kier molecular flexibility index (Phi) is 4.36. The van der Waals surface area contributed by atoms with Crippen LogP contribution < -0.4 is 5.56 Å². The summed E-state index contributed by atoms with van der Waals surface area (Å²) in [4.78, 5) is 24.3. The zero-order valence-corrected chi connectivity index (χ0v) is 16.9. The highest BCUT2D eigenvalue weighted by Crippen LogP contribution is 2.29. The number of pyridine rings is 1. The van der Waals surface area contributed by atoms with Crippen molar-refractivity contribution in [1.82, 2.24) is 18.9 Å². The van der Waals surface area contributed by atoms with Gasteiger partial charge in [0.25, 0.3) is 5.56 Å². The maximum Gasteiger partial charge on any atom is 0.263 e. The van der Waals surface area contributed by atoms with Crippen LogP contribution in [-0.2, 0) is 12.3 Å². The SMILES string of the molecule is CCn1c(SCc2cn3cc(C)ccc3n2)nc2sc(C)c(C)c2c1=O. The molecule has 4 aromatic rings. The summed E-state index contributed by atoms with van der Waals surface area (Å²) < 4.78 is 3.81. The molecule has 0 unspecified atom stereocenters. The normalized spacial score (nSPS) is 11.7. The van der Waals surface area contributed by atoms with Crippen molar-refractivity contribution < 1.29 is 0 Å². The number of aryl methyl sites for hydroxylation is 3. The van der Waals surface area contributed by atoms with Gasteiger partial charge >= 0.3 is 0 Å². The lowest BCUT2D eigenvalue weighted by Gasteiger charge is -2.09. The number of nitrogens with zero attached hydrogens (tertiary/aromatic N) is 4. The van der Waals surface area contributed by atoms with E-state index in [-0.39, 0.29) is 5.56 Å². The third-order valence-electron chi connectivity index (χ3n) is 4.57. The van der Waals surface area contributed by atoms with E-state index < -0.39 is 0 Å². The molecule has 7 heteroatoms. The van der Waals surface area contributed by atoms with Crippen LogP contribution in [0.2, 0.25) is 0 Å². The van der Waals surface area contributed by atoms with Crippen molar-refractivity contribution >= 4 is 39.0 Å². The maximum absolute atomic E-state index is 12.9. The Morgan fingerprint density at radius 2 is 1.96 bits per heavy atom. The smallest absolute Gasteiger partial charge is 0.263 e. The molecule has 26 heavy (non-hydrogen) atoms. The molecule has 0 fully saturated rings. The van der Waals surface area contributed by atoms with E-state index in [2.05, 4.69) is 24.2 Å². The monoisotopic (exact) mass is 384 g/mol. The van der Waals surface area contributed by atoms with Crippen molar-refractivity contribution in [2.45, 2.75) is 45.1 Å². The standard InChI is InChI=1S/C19H20N4OS2/c1-5-23-18(24)16-12(3)13(4)26-17(16)21-19(23)25-10-14-9-22-8-11(2)6-7-15(22)20-14/h6-9H,5,10H2,1-4H3. The highest BCUT2D eigenvalue weighted by Gasteiger charge is 2.16. The molecule has 0 saturated heterocycles. The number of rotatable bonds is 4. The molecule has 0 radical (unpaired) electrons. The summed E-state index contributed by atoms with van der Waals surface area (Å²) in [5.41, 5.74) is 4.23. The first-order valence-electron chi connectivity index (χ1n) is 8.55. The van der Waals surface area contributed by atoms with Gasteiger partial charge in [0.15, 0.2) is 5.16 Å². The molecule has 0 aliphatic heterocycles. The van der Waals surface area contributed by atoms with Crippen LogP contribution in [0.4, 0.5) is 0 Å². The fraction of sp³-hybridized carbons (Fsp3) is 0.316. The zero-order valence-electron chi connectivity index (χ0n) is 15.2. The van der Waals surface area contributed by atoms with Crippen LogP contribution in [0, 0.1) is 20.8 Å². The molecule has 4 aromatic heterocycles. The number of imidazole rings is 1. The van der Waals surface area contributed by atoms with Crippen LogP contribution in [0.1, 0.15) is 28.6 Å². The van der Waals surface area contributed by atoms with Crippen LogP contribution >= 0.6 is 23.1 Å². The molecule has 0 bridgehead atoms. The highest BCUT2D eigenvalue weighted by molar-refractivity contribution is 7.98. The lowest BCUT2D eigenvalue weighted by molar-refractivity contribution is 0.635. The minimum atomic E-state index is 0.0625. The number of thiophene rings is 1. The molecular weight excluding hydrogens is 364 g/mol. The van der Waals surface area contributed by atoms with E-state index in [4.69, 9.17) is 4.98 Å². The molecule has 5 nitrogen and oxygen atoms in total. The first-order chi connectivity index (χ1) is 12.5. The molecule has 4 rings (SSSR count). The van der Waals surface area contributed by atoms with Crippen LogP contribution in [0.15, 0.2) is 34.5 Å². The summed E-state index contributed by atoms with van der Waals surface area (Å²) in [6.07, 6.45) is 4.11. The minimum Gasteiger partial charge on any atom is -0.307 e. The predicted octanol–water partition coefficient (Wildman–Crippen LogP) is 4.34. The Morgan fingerprint density at radius 1 is 1.15 bits per heavy atom. The Labute approximate surface area is 159 Å². The van der Waals surface area contributed by atoms with Crippen molar-refractivity contribution in [3.63, 3.8) is 0 Å².